The Hall–Kier alpha value is -2.70. The molecular formula is C16H18N4O3. The quantitative estimate of drug-likeness (QED) is 0.851. The smallest absolute Gasteiger partial charge is 0.275 e. The van der Waals surface area contributed by atoms with Gasteiger partial charge in [0.25, 0.3) is 11.5 Å². The van der Waals surface area contributed by atoms with Crippen LogP contribution in [0.5, 0.6) is 0 Å². The summed E-state index contributed by atoms with van der Waals surface area (Å²) in [4.78, 5) is 38.4. The molecule has 1 aromatic heterocycles. The number of nitrogens with zero attached hydrogens (tertiary/aromatic N) is 2. The fraction of sp³-hybridized carbons (Fsp3) is 0.375. The number of amides is 2. The van der Waals surface area contributed by atoms with Gasteiger partial charge in [0, 0.05) is 19.0 Å². The van der Waals surface area contributed by atoms with Crippen molar-refractivity contribution in [3.05, 3.63) is 40.3 Å². The minimum atomic E-state index is -0.492. The van der Waals surface area contributed by atoms with Gasteiger partial charge in [-0.3, -0.25) is 14.4 Å². The Morgan fingerprint density at radius 3 is 2.74 bits per heavy atom. The lowest BCUT2D eigenvalue weighted by Crippen LogP contribution is -2.51. The van der Waals surface area contributed by atoms with Crippen molar-refractivity contribution in [1.29, 1.82) is 0 Å². The maximum absolute atomic E-state index is 12.9. The summed E-state index contributed by atoms with van der Waals surface area (Å²) < 4.78 is 0. The maximum atomic E-state index is 12.9. The second-order valence-electron chi connectivity index (χ2n) is 5.57. The number of piperidine rings is 1. The highest BCUT2D eigenvalue weighted by Crippen LogP contribution is 2.21. The lowest BCUT2D eigenvalue weighted by molar-refractivity contribution is -0.126. The van der Waals surface area contributed by atoms with Gasteiger partial charge in [0.15, 0.2) is 5.69 Å². The summed E-state index contributed by atoms with van der Waals surface area (Å²) in [5.74, 6) is -0.502. The summed E-state index contributed by atoms with van der Waals surface area (Å²) in [6.45, 7) is 0.506. The van der Waals surface area contributed by atoms with Gasteiger partial charge in [0.05, 0.1) is 5.39 Å². The molecule has 0 aliphatic carbocycles. The minimum absolute atomic E-state index is 0.174. The van der Waals surface area contributed by atoms with Gasteiger partial charge in [0.2, 0.25) is 5.91 Å². The Morgan fingerprint density at radius 1 is 1.26 bits per heavy atom. The van der Waals surface area contributed by atoms with E-state index in [1.165, 1.54) is 0 Å². The van der Waals surface area contributed by atoms with Gasteiger partial charge >= 0.3 is 0 Å². The van der Waals surface area contributed by atoms with Gasteiger partial charge < -0.3 is 10.2 Å². The molecule has 3 rings (SSSR count). The average Bonchev–Trinajstić information content (AvgIpc) is 2.61. The maximum Gasteiger partial charge on any atom is 0.275 e. The van der Waals surface area contributed by atoms with Gasteiger partial charge in [-0.05, 0) is 25.3 Å². The molecular weight excluding hydrogens is 296 g/mol. The van der Waals surface area contributed by atoms with E-state index in [1.807, 2.05) is 0 Å². The number of hydrogen-bond acceptors (Lipinski definition) is 4. The molecule has 0 bridgehead atoms. The number of H-pyrrole nitrogens is 1. The van der Waals surface area contributed by atoms with Crippen LogP contribution in [0, 0.1) is 0 Å². The molecule has 1 aliphatic heterocycles. The molecule has 1 aromatic carbocycles. The lowest BCUT2D eigenvalue weighted by Gasteiger charge is -2.34. The third-order valence-corrected chi connectivity index (χ3v) is 4.21. The van der Waals surface area contributed by atoms with E-state index >= 15 is 0 Å². The predicted octanol–water partition coefficient (Wildman–Crippen LogP) is 0.664. The molecule has 0 radical (unpaired) electrons. The highest BCUT2D eigenvalue weighted by molar-refractivity contribution is 6.06. The van der Waals surface area contributed by atoms with Crippen molar-refractivity contribution < 1.29 is 9.59 Å². The minimum Gasteiger partial charge on any atom is -0.357 e. The van der Waals surface area contributed by atoms with E-state index in [4.69, 9.17) is 0 Å². The SMILES string of the molecule is CNC(=O)[C@@H]1CCCCN1C(=O)c1n[nH]c(=O)c2ccccc12. The van der Waals surface area contributed by atoms with E-state index in [9.17, 15) is 14.4 Å². The van der Waals surface area contributed by atoms with Crippen molar-refractivity contribution in [2.75, 3.05) is 13.6 Å². The zero-order valence-electron chi connectivity index (χ0n) is 12.8. The number of nitrogens with one attached hydrogen (secondary N) is 2. The number of hydrogen-bond donors (Lipinski definition) is 2. The van der Waals surface area contributed by atoms with Gasteiger partial charge in [-0.25, -0.2) is 5.10 Å². The van der Waals surface area contributed by atoms with E-state index in [1.54, 1.807) is 36.2 Å². The molecule has 1 fully saturated rings. The van der Waals surface area contributed by atoms with Crippen LogP contribution >= 0.6 is 0 Å². The van der Waals surface area contributed by atoms with Crippen LogP contribution < -0.4 is 10.9 Å². The first-order valence-corrected chi connectivity index (χ1v) is 7.63. The van der Waals surface area contributed by atoms with Crippen molar-refractivity contribution in [2.45, 2.75) is 25.3 Å². The molecule has 7 nitrogen and oxygen atoms in total. The normalized spacial score (nSPS) is 18.0. The van der Waals surface area contributed by atoms with Crippen molar-refractivity contribution in [3.63, 3.8) is 0 Å². The number of likely N-dealkylation sites (N-methyl/N-ethyl adjacent to an activating group) is 1. The molecule has 0 spiro atoms. The van der Waals surface area contributed by atoms with Crippen molar-refractivity contribution in [1.82, 2.24) is 20.4 Å². The van der Waals surface area contributed by atoms with Crippen molar-refractivity contribution in [3.8, 4) is 0 Å². The largest absolute Gasteiger partial charge is 0.357 e. The van der Waals surface area contributed by atoms with E-state index < -0.39 is 6.04 Å². The third-order valence-electron chi connectivity index (χ3n) is 4.21. The highest BCUT2D eigenvalue weighted by atomic mass is 16.2. The molecule has 0 saturated carbocycles. The molecule has 23 heavy (non-hydrogen) atoms. The summed E-state index contributed by atoms with van der Waals surface area (Å²) in [7, 11) is 1.56. The van der Waals surface area contributed by atoms with Crippen LogP contribution in [0.3, 0.4) is 0 Å². The Labute approximate surface area is 132 Å². The summed E-state index contributed by atoms with van der Waals surface area (Å²) in [5, 5.41) is 9.83. The number of fused-ring (bicyclic) bond motifs is 1. The first-order chi connectivity index (χ1) is 11.1. The van der Waals surface area contributed by atoms with Crippen molar-refractivity contribution in [2.24, 2.45) is 0 Å². The van der Waals surface area contributed by atoms with E-state index in [-0.39, 0.29) is 23.1 Å². The molecule has 7 heteroatoms. The number of carbonyl (C=O) groups excluding carboxylic acids is 2. The fourth-order valence-electron chi connectivity index (χ4n) is 3.03. The van der Waals surface area contributed by atoms with Crippen LogP contribution in [0.1, 0.15) is 29.8 Å². The first-order valence-electron chi connectivity index (χ1n) is 7.63. The number of aromatic nitrogens is 2. The number of likely N-dealkylation sites (tertiary alicyclic amines) is 1. The topological polar surface area (TPSA) is 95.2 Å². The van der Waals surface area contributed by atoms with Gasteiger partial charge in [0.1, 0.15) is 6.04 Å². The van der Waals surface area contributed by atoms with Crippen LogP contribution in [0.4, 0.5) is 0 Å². The Balaban J connectivity index is 2.04. The summed E-state index contributed by atoms with van der Waals surface area (Å²) in [6, 6.07) is 6.35. The Morgan fingerprint density at radius 2 is 2.00 bits per heavy atom. The van der Waals surface area contributed by atoms with Crippen LogP contribution in [-0.4, -0.2) is 46.5 Å². The monoisotopic (exact) mass is 314 g/mol. The standard InChI is InChI=1S/C16H18N4O3/c1-17-15(22)12-8-4-5-9-20(12)16(23)13-10-6-2-3-7-11(10)14(21)19-18-13/h2-3,6-7,12H,4-5,8-9H2,1H3,(H,17,22)(H,19,21)/t12-/m0/s1. The van der Waals surface area contributed by atoms with Gasteiger partial charge in [-0.1, -0.05) is 18.2 Å². The van der Waals surface area contributed by atoms with Crippen molar-refractivity contribution >= 4 is 22.6 Å². The third kappa shape index (κ3) is 2.69. The highest BCUT2D eigenvalue weighted by Gasteiger charge is 2.33. The van der Waals surface area contributed by atoms with E-state index in [0.717, 1.165) is 12.8 Å². The lowest BCUT2D eigenvalue weighted by atomic mass is 10.00. The number of carbonyl (C=O) groups is 2. The van der Waals surface area contributed by atoms with Crippen LogP contribution in [-0.2, 0) is 4.79 Å². The summed E-state index contributed by atoms with van der Waals surface area (Å²) in [5.41, 5.74) is -0.158. The summed E-state index contributed by atoms with van der Waals surface area (Å²) >= 11 is 0. The predicted molar refractivity (Wildman–Crippen MR) is 85.1 cm³/mol. The molecule has 2 N–H and O–H groups in total. The zero-order chi connectivity index (χ0) is 16.4. The summed E-state index contributed by atoms with van der Waals surface area (Å²) in [6.07, 6.45) is 2.38. The molecule has 0 unspecified atom stereocenters. The number of benzene rings is 1. The second kappa shape index (κ2) is 6.20. The Bertz CT molecular complexity index is 814. The van der Waals surface area contributed by atoms with Crippen LogP contribution in [0.15, 0.2) is 29.1 Å². The zero-order valence-corrected chi connectivity index (χ0v) is 12.8. The molecule has 120 valence electrons. The molecule has 2 heterocycles. The second-order valence-corrected chi connectivity index (χ2v) is 5.57. The molecule has 2 amide bonds. The molecule has 1 saturated heterocycles. The van der Waals surface area contributed by atoms with Gasteiger partial charge in [-0.2, -0.15) is 5.10 Å². The first kappa shape index (κ1) is 15.2. The van der Waals surface area contributed by atoms with E-state index in [2.05, 4.69) is 15.5 Å². The fourth-order valence-corrected chi connectivity index (χ4v) is 3.03. The molecule has 2 aromatic rings. The number of rotatable bonds is 2. The van der Waals surface area contributed by atoms with Crippen LogP contribution in [0.25, 0.3) is 10.8 Å². The van der Waals surface area contributed by atoms with E-state index in [0.29, 0.717) is 23.7 Å². The Kier molecular flexibility index (Phi) is 4.10. The molecule has 1 atom stereocenters. The van der Waals surface area contributed by atoms with Gasteiger partial charge in [-0.15, -0.1) is 0 Å². The number of aromatic amines is 1. The van der Waals surface area contributed by atoms with Crippen LogP contribution in [0.2, 0.25) is 0 Å². The average molecular weight is 314 g/mol. The molecule has 1 aliphatic rings.